The van der Waals surface area contributed by atoms with Gasteiger partial charge in [0.25, 0.3) is 5.91 Å². The molecule has 5 heteroatoms. The third-order valence-corrected chi connectivity index (χ3v) is 6.00. The largest absolute Gasteiger partial charge is 0.307 e. The molecule has 0 radical (unpaired) electrons. The van der Waals surface area contributed by atoms with E-state index in [1.807, 2.05) is 23.1 Å². The van der Waals surface area contributed by atoms with E-state index in [2.05, 4.69) is 18.1 Å². The molecule has 0 saturated heterocycles. The first kappa shape index (κ1) is 17.2. The fourth-order valence-corrected chi connectivity index (χ4v) is 4.52. The maximum atomic E-state index is 14.4. The standard InChI is InChI=1S/C23H22FN3O/c1-15-13-14-26(19-10-4-2-7-16(15)19)23(28)22-17-8-6-12-20(17)27(25-22)21-11-5-3-9-18(21)24/h2-5,7,9-11,15H,6,8,12-14H2,1H3. The summed E-state index contributed by atoms with van der Waals surface area (Å²) in [5, 5.41) is 4.62. The molecule has 1 aromatic heterocycles. The number of rotatable bonds is 2. The highest BCUT2D eigenvalue weighted by Gasteiger charge is 2.33. The van der Waals surface area contributed by atoms with Crippen LogP contribution in [-0.2, 0) is 12.8 Å². The average Bonchev–Trinajstić information content (AvgIpc) is 3.31. The number of hydrogen-bond acceptors (Lipinski definition) is 2. The fourth-order valence-electron chi connectivity index (χ4n) is 4.52. The molecule has 4 nitrogen and oxygen atoms in total. The Kier molecular flexibility index (Phi) is 4.04. The number of aromatic nitrogens is 2. The molecular weight excluding hydrogens is 353 g/mol. The third-order valence-electron chi connectivity index (χ3n) is 6.00. The number of carbonyl (C=O) groups excluding carboxylic acids is 1. The van der Waals surface area contributed by atoms with Gasteiger partial charge in [-0.2, -0.15) is 5.10 Å². The van der Waals surface area contributed by atoms with Crippen molar-refractivity contribution in [3.05, 3.63) is 76.9 Å². The summed E-state index contributed by atoms with van der Waals surface area (Å²) < 4.78 is 16.0. The van der Waals surface area contributed by atoms with Crippen molar-refractivity contribution in [1.29, 1.82) is 0 Å². The average molecular weight is 375 g/mol. The smallest absolute Gasteiger partial charge is 0.279 e. The molecule has 0 bridgehead atoms. The topological polar surface area (TPSA) is 38.1 Å². The Morgan fingerprint density at radius 1 is 1.07 bits per heavy atom. The number of nitrogens with zero attached hydrogens (tertiary/aromatic N) is 3. The van der Waals surface area contributed by atoms with Gasteiger partial charge in [-0.1, -0.05) is 37.3 Å². The molecule has 0 fully saturated rings. The van der Waals surface area contributed by atoms with Crippen molar-refractivity contribution in [3.63, 3.8) is 0 Å². The summed E-state index contributed by atoms with van der Waals surface area (Å²) >= 11 is 0. The number of benzene rings is 2. The van der Waals surface area contributed by atoms with E-state index in [0.29, 0.717) is 23.8 Å². The SMILES string of the molecule is CC1CCN(C(=O)c2nn(-c3ccccc3F)c3c2CCC3)c2ccccc21. The minimum atomic E-state index is -0.323. The monoisotopic (exact) mass is 375 g/mol. The molecule has 1 unspecified atom stereocenters. The summed E-state index contributed by atoms with van der Waals surface area (Å²) in [4.78, 5) is 15.4. The first-order valence-corrected chi connectivity index (χ1v) is 9.91. The van der Waals surface area contributed by atoms with Crippen molar-refractivity contribution >= 4 is 11.6 Å². The molecule has 1 aliphatic heterocycles. The van der Waals surface area contributed by atoms with Crippen LogP contribution < -0.4 is 4.90 Å². The van der Waals surface area contributed by atoms with E-state index >= 15 is 0 Å². The summed E-state index contributed by atoms with van der Waals surface area (Å²) in [7, 11) is 0. The predicted octanol–water partition coefficient (Wildman–Crippen LogP) is 4.65. The second-order valence-electron chi connectivity index (χ2n) is 7.70. The van der Waals surface area contributed by atoms with Gasteiger partial charge in [0, 0.05) is 23.5 Å². The van der Waals surface area contributed by atoms with E-state index in [-0.39, 0.29) is 11.7 Å². The van der Waals surface area contributed by atoms with Crippen molar-refractivity contribution in [2.45, 2.75) is 38.5 Å². The lowest BCUT2D eigenvalue weighted by Gasteiger charge is -2.32. The van der Waals surface area contributed by atoms with Crippen LogP contribution in [0.1, 0.15) is 53.0 Å². The highest BCUT2D eigenvalue weighted by atomic mass is 19.1. The van der Waals surface area contributed by atoms with Gasteiger partial charge >= 0.3 is 0 Å². The maximum absolute atomic E-state index is 14.4. The van der Waals surface area contributed by atoms with Crippen molar-refractivity contribution in [2.75, 3.05) is 11.4 Å². The Bertz CT molecular complexity index is 1070. The number of halogens is 1. The molecule has 2 aliphatic rings. The molecule has 142 valence electrons. The van der Waals surface area contributed by atoms with Crippen molar-refractivity contribution in [1.82, 2.24) is 9.78 Å². The van der Waals surface area contributed by atoms with Crippen LogP contribution >= 0.6 is 0 Å². The van der Waals surface area contributed by atoms with Crippen LogP contribution in [0.25, 0.3) is 5.69 Å². The molecule has 1 atom stereocenters. The van der Waals surface area contributed by atoms with E-state index < -0.39 is 0 Å². The number of anilines is 1. The van der Waals surface area contributed by atoms with Crippen LogP contribution in [0.5, 0.6) is 0 Å². The lowest BCUT2D eigenvalue weighted by molar-refractivity contribution is 0.0978. The number of para-hydroxylation sites is 2. The molecule has 0 spiro atoms. The number of amides is 1. The van der Waals surface area contributed by atoms with Crippen LogP contribution in [0.4, 0.5) is 10.1 Å². The van der Waals surface area contributed by atoms with Gasteiger partial charge in [-0.15, -0.1) is 0 Å². The van der Waals surface area contributed by atoms with Crippen LogP contribution in [0.3, 0.4) is 0 Å². The fraction of sp³-hybridized carbons (Fsp3) is 0.304. The van der Waals surface area contributed by atoms with E-state index in [1.54, 1.807) is 22.9 Å². The van der Waals surface area contributed by atoms with Gasteiger partial charge in [0.15, 0.2) is 5.69 Å². The van der Waals surface area contributed by atoms with Gasteiger partial charge in [0.1, 0.15) is 11.5 Å². The zero-order chi connectivity index (χ0) is 19.3. The van der Waals surface area contributed by atoms with Gasteiger partial charge < -0.3 is 4.90 Å². The molecule has 5 rings (SSSR count). The van der Waals surface area contributed by atoms with Crippen molar-refractivity contribution in [3.8, 4) is 5.69 Å². The molecule has 2 aromatic carbocycles. The van der Waals surface area contributed by atoms with E-state index in [9.17, 15) is 9.18 Å². The van der Waals surface area contributed by atoms with Gasteiger partial charge in [-0.05, 0) is 55.4 Å². The zero-order valence-corrected chi connectivity index (χ0v) is 15.9. The summed E-state index contributed by atoms with van der Waals surface area (Å²) in [6, 6.07) is 14.7. The van der Waals surface area contributed by atoms with Gasteiger partial charge in [0.05, 0.1) is 0 Å². The molecular formula is C23H22FN3O. The Morgan fingerprint density at radius 3 is 2.64 bits per heavy atom. The Morgan fingerprint density at radius 2 is 1.82 bits per heavy atom. The lowest BCUT2D eigenvalue weighted by Crippen LogP contribution is -2.37. The number of fused-ring (bicyclic) bond motifs is 2. The Hall–Kier alpha value is -2.95. The molecule has 0 N–H and O–H groups in total. The molecule has 1 aliphatic carbocycles. The second-order valence-corrected chi connectivity index (χ2v) is 7.70. The van der Waals surface area contributed by atoms with Gasteiger partial charge in [-0.3, -0.25) is 4.79 Å². The van der Waals surface area contributed by atoms with E-state index in [4.69, 9.17) is 0 Å². The van der Waals surface area contributed by atoms with Crippen molar-refractivity contribution < 1.29 is 9.18 Å². The number of hydrogen-bond donors (Lipinski definition) is 0. The first-order chi connectivity index (χ1) is 13.6. The molecule has 1 amide bonds. The quantitative estimate of drug-likeness (QED) is 0.654. The van der Waals surface area contributed by atoms with Crippen LogP contribution in [-0.4, -0.2) is 22.2 Å². The summed E-state index contributed by atoms with van der Waals surface area (Å²) in [6.07, 6.45) is 3.53. The van der Waals surface area contributed by atoms with Crippen LogP contribution in [0.15, 0.2) is 48.5 Å². The summed E-state index contributed by atoms with van der Waals surface area (Å²) in [5.41, 5.74) is 5.00. The van der Waals surface area contributed by atoms with Gasteiger partial charge in [0.2, 0.25) is 0 Å². The molecule has 2 heterocycles. The van der Waals surface area contributed by atoms with Gasteiger partial charge in [-0.25, -0.2) is 9.07 Å². The first-order valence-electron chi connectivity index (χ1n) is 9.91. The Labute approximate surface area is 163 Å². The highest BCUT2D eigenvalue weighted by Crippen LogP contribution is 2.37. The molecule has 3 aromatic rings. The van der Waals surface area contributed by atoms with Crippen molar-refractivity contribution in [2.24, 2.45) is 0 Å². The van der Waals surface area contributed by atoms with Crippen LogP contribution in [0.2, 0.25) is 0 Å². The minimum absolute atomic E-state index is 0.0763. The summed E-state index contributed by atoms with van der Waals surface area (Å²) in [6.45, 7) is 2.88. The lowest BCUT2D eigenvalue weighted by atomic mass is 9.91. The molecule has 28 heavy (non-hydrogen) atoms. The van der Waals surface area contributed by atoms with Crippen LogP contribution in [0, 0.1) is 5.82 Å². The summed E-state index contributed by atoms with van der Waals surface area (Å²) in [5.74, 6) is 0.0327. The predicted molar refractivity (Wildman–Crippen MR) is 107 cm³/mol. The molecule has 0 saturated carbocycles. The van der Waals surface area contributed by atoms with E-state index in [0.717, 1.165) is 42.6 Å². The highest BCUT2D eigenvalue weighted by molar-refractivity contribution is 6.06. The normalized spacial score (nSPS) is 18.1. The third kappa shape index (κ3) is 2.57. The Balaban J connectivity index is 1.60. The second kappa shape index (κ2) is 6.59. The van der Waals surface area contributed by atoms with E-state index in [1.165, 1.54) is 11.6 Å². The minimum Gasteiger partial charge on any atom is -0.307 e. The zero-order valence-electron chi connectivity index (χ0n) is 15.9. The maximum Gasteiger partial charge on any atom is 0.279 e. The number of carbonyl (C=O) groups is 1.